The van der Waals surface area contributed by atoms with Gasteiger partial charge in [0.1, 0.15) is 0 Å². The Morgan fingerprint density at radius 1 is 1.30 bits per heavy atom. The second kappa shape index (κ2) is 6.01. The summed E-state index contributed by atoms with van der Waals surface area (Å²) in [6.07, 6.45) is 4.99. The summed E-state index contributed by atoms with van der Waals surface area (Å²) in [4.78, 5) is 16.7. The summed E-state index contributed by atoms with van der Waals surface area (Å²) in [5, 5.41) is 5.04. The first kappa shape index (κ1) is 14.5. The van der Waals surface area contributed by atoms with Gasteiger partial charge in [-0.05, 0) is 25.0 Å². The third kappa shape index (κ3) is 2.51. The molecule has 0 radical (unpaired) electrons. The van der Waals surface area contributed by atoms with Gasteiger partial charge in [0.15, 0.2) is 0 Å². The number of hydrogen-bond donors (Lipinski definition) is 2. The molecule has 0 aliphatic heterocycles. The Bertz CT molecular complexity index is 592. The minimum absolute atomic E-state index is 0.00527. The van der Waals surface area contributed by atoms with E-state index in [0.29, 0.717) is 6.54 Å². The highest BCUT2D eigenvalue weighted by molar-refractivity contribution is 6.03. The molecule has 2 rings (SSSR count). The number of anilines is 1. The number of aromatic nitrogens is 1. The Morgan fingerprint density at radius 2 is 2.05 bits per heavy atom. The van der Waals surface area contributed by atoms with E-state index in [9.17, 15) is 4.79 Å². The predicted octanol–water partition coefficient (Wildman–Crippen LogP) is 2.94. The van der Waals surface area contributed by atoms with E-state index in [1.165, 1.54) is 0 Å². The van der Waals surface area contributed by atoms with E-state index < -0.39 is 5.41 Å². The quantitative estimate of drug-likeness (QED) is 0.878. The molecule has 106 valence electrons. The minimum atomic E-state index is -0.491. The number of nitrogens with two attached hydrogens (primary N) is 1. The Balaban J connectivity index is 2.35. The van der Waals surface area contributed by atoms with Crippen LogP contribution in [0.2, 0.25) is 0 Å². The normalized spacial score (nSPS) is 11.6. The van der Waals surface area contributed by atoms with Crippen molar-refractivity contribution in [2.75, 3.05) is 11.9 Å². The maximum Gasteiger partial charge on any atom is 0.231 e. The molecule has 1 heterocycles. The van der Waals surface area contributed by atoms with Crippen molar-refractivity contribution in [3.05, 3.63) is 36.7 Å². The van der Waals surface area contributed by atoms with Crippen LogP contribution in [0.25, 0.3) is 10.8 Å². The molecule has 20 heavy (non-hydrogen) atoms. The first-order chi connectivity index (χ1) is 9.66. The third-order valence-electron chi connectivity index (χ3n) is 4.15. The van der Waals surface area contributed by atoms with Crippen molar-refractivity contribution in [3.63, 3.8) is 0 Å². The molecule has 1 aromatic carbocycles. The van der Waals surface area contributed by atoms with E-state index in [0.717, 1.165) is 29.3 Å². The molecule has 0 aliphatic rings. The van der Waals surface area contributed by atoms with Crippen molar-refractivity contribution in [1.29, 1.82) is 0 Å². The van der Waals surface area contributed by atoms with Gasteiger partial charge in [0.25, 0.3) is 0 Å². The summed E-state index contributed by atoms with van der Waals surface area (Å²) in [6.45, 7) is 4.37. The van der Waals surface area contributed by atoms with Crippen molar-refractivity contribution in [3.8, 4) is 0 Å². The summed E-state index contributed by atoms with van der Waals surface area (Å²) in [5.74, 6) is -0.00527. The highest BCUT2D eigenvalue weighted by Gasteiger charge is 2.33. The number of rotatable bonds is 5. The summed E-state index contributed by atoms with van der Waals surface area (Å²) in [5.41, 5.74) is 6.15. The summed E-state index contributed by atoms with van der Waals surface area (Å²) >= 11 is 0. The Kier molecular flexibility index (Phi) is 4.35. The fraction of sp³-hybridized carbons (Fsp3) is 0.375. The first-order valence-corrected chi connectivity index (χ1v) is 7.01. The van der Waals surface area contributed by atoms with Crippen LogP contribution in [0.15, 0.2) is 36.7 Å². The van der Waals surface area contributed by atoms with Crippen molar-refractivity contribution in [1.82, 2.24) is 4.98 Å². The zero-order valence-electron chi connectivity index (χ0n) is 12.0. The molecule has 4 nitrogen and oxygen atoms in total. The number of hydrogen-bond acceptors (Lipinski definition) is 3. The molecule has 1 amide bonds. The van der Waals surface area contributed by atoms with Gasteiger partial charge in [-0.1, -0.05) is 26.0 Å². The predicted molar refractivity (Wildman–Crippen MR) is 82.4 cm³/mol. The molecule has 0 bridgehead atoms. The lowest BCUT2D eigenvalue weighted by Gasteiger charge is -2.28. The van der Waals surface area contributed by atoms with E-state index in [4.69, 9.17) is 5.73 Å². The third-order valence-corrected chi connectivity index (χ3v) is 4.15. The van der Waals surface area contributed by atoms with E-state index in [2.05, 4.69) is 10.3 Å². The highest BCUT2D eigenvalue weighted by Crippen LogP contribution is 2.29. The fourth-order valence-electron chi connectivity index (χ4n) is 2.44. The second-order valence-corrected chi connectivity index (χ2v) is 5.05. The molecule has 2 aromatic rings. The number of fused-ring (bicyclic) bond motifs is 1. The lowest BCUT2D eigenvalue weighted by molar-refractivity contribution is -0.125. The first-order valence-electron chi connectivity index (χ1n) is 7.01. The van der Waals surface area contributed by atoms with Crippen molar-refractivity contribution in [2.24, 2.45) is 11.1 Å². The van der Waals surface area contributed by atoms with Gasteiger partial charge in [-0.3, -0.25) is 9.78 Å². The van der Waals surface area contributed by atoms with E-state index in [-0.39, 0.29) is 5.91 Å². The van der Waals surface area contributed by atoms with Crippen LogP contribution < -0.4 is 11.1 Å². The number of pyridine rings is 1. The number of amides is 1. The van der Waals surface area contributed by atoms with Crippen LogP contribution in [-0.2, 0) is 4.79 Å². The second-order valence-electron chi connectivity index (χ2n) is 5.05. The SMILES string of the molecule is CCC(CC)(CN)C(=O)Nc1cccc2cnccc12. The van der Waals surface area contributed by atoms with Crippen LogP contribution in [0.1, 0.15) is 26.7 Å². The molecule has 0 fully saturated rings. The summed E-state index contributed by atoms with van der Waals surface area (Å²) in [7, 11) is 0. The maximum absolute atomic E-state index is 12.6. The molecule has 0 spiro atoms. The summed E-state index contributed by atoms with van der Waals surface area (Å²) < 4.78 is 0. The van der Waals surface area contributed by atoms with Crippen molar-refractivity contribution in [2.45, 2.75) is 26.7 Å². The van der Waals surface area contributed by atoms with E-state index in [1.807, 2.05) is 38.1 Å². The number of benzene rings is 1. The maximum atomic E-state index is 12.6. The molecule has 0 saturated carbocycles. The molecule has 3 N–H and O–H groups in total. The Labute approximate surface area is 119 Å². The van der Waals surface area contributed by atoms with Crippen LogP contribution >= 0.6 is 0 Å². The van der Waals surface area contributed by atoms with Gasteiger partial charge in [-0.25, -0.2) is 0 Å². The lowest BCUT2D eigenvalue weighted by atomic mass is 9.81. The number of carbonyl (C=O) groups excluding carboxylic acids is 1. The average molecular weight is 271 g/mol. The molecule has 0 unspecified atom stereocenters. The zero-order valence-corrected chi connectivity index (χ0v) is 12.0. The largest absolute Gasteiger partial charge is 0.329 e. The van der Waals surface area contributed by atoms with Gasteiger partial charge < -0.3 is 11.1 Å². The van der Waals surface area contributed by atoms with Crippen LogP contribution in [-0.4, -0.2) is 17.4 Å². The van der Waals surface area contributed by atoms with Gasteiger partial charge >= 0.3 is 0 Å². The summed E-state index contributed by atoms with van der Waals surface area (Å²) in [6, 6.07) is 7.72. The molecule has 4 heteroatoms. The zero-order chi connectivity index (χ0) is 14.6. The Hall–Kier alpha value is -1.94. The number of nitrogens with zero attached hydrogens (tertiary/aromatic N) is 1. The Morgan fingerprint density at radius 3 is 2.70 bits per heavy atom. The topological polar surface area (TPSA) is 68.0 Å². The van der Waals surface area contributed by atoms with E-state index in [1.54, 1.807) is 12.4 Å². The number of carbonyl (C=O) groups is 1. The van der Waals surface area contributed by atoms with Crippen LogP contribution in [0.5, 0.6) is 0 Å². The fourth-order valence-corrected chi connectivity index (χ4v) is 2.44. The van der Waals surface area contributed by atoms with Crippen LogP contribution in [0.3, 0.4) is 0 Å². The van der Waals surface area contributed by atoms with Crippen LogP contribution in [0.4, 0.5) is 5.69 Å². The highest BCUT2D eigenvalue weighted by atomic mass is 16.2. The van der Waals surface area contributed by atoms with Gasteiger partial charge in [-0.15, -0.1) is 0 Å². The van der Waals surface area contributed by atoms with Gasteiger partial charge in [0, 0.05) is 35.4 Å². The van der Waals surface area contributed by atoms with E-state index >= 15 is 0 Å². The molecular formula is C16H21N3O. The van der Waals surface area contributed by atoms with Crippen molar-refractivity contribution < 1.29 is 4.79 Å². The average Bonchev–Trinajstić information content (AvgIpc) is 2.50. The number of nitrogens with one attached hydrogen (secondary N) is 1. The van der Waals surface area contributed by atoms with Gasteiger partial charge in [0.2, 0.25) is 5.91 Å². The molecule has 1 aromatic heterocycles. The minimum Gasteiger partial charge on any atom is -0.329 e. The van der Waals surface area contributed by atoms with Crippen molar-refractivity contribution >= 4 is 22.4 Å². The molecule has 0 saturated heterocycles. The van der Waals surface area contributed by atoms with Crippen LogP contribution in [0, 0.1) is 5.41 Å². The molecule has 0 aliphatic carbocycles. The standard InChI is InChI=1S/C16H21N3O/c1-3-16(4-2,11-17)15(20)19-14-7-5-6-12-10-18-9-8-13(12)14/h5-10H,3-4,11,17H2,1-2H3,(H,19,20). The lowest BCUT2D eigenvalue weighted by Crippen LogP contribution is -2.41. The van der Waals surface area contributed by atoms with Gasteiger partial charge in [0.05, 0.1) is 5.41 Å². The van der Waals surface area contributed by atoms with Gasteiger partial charge in [-0.2, -0.15) is 0 Å². The monoisotopic (exact) mass is 271 g/mol. The molecular weight excluding hydrogens is 250 g/mol. The smallest absolute Gasteiger partial charge is 0.231 e. The molecule has 0 atom stereocenters.